The molecular formula is C58H112N3O17P. The van der Waals surface area contributed by atoms with Crippen molar-refractivity contribution in [2.24, 2.45) is 5.73 Å². The standard InChI is InChI=1S/C58H112N3O17P/c1-4-7-10-13-16-19-22-25-30-35-44(63)40-48(64)60-51-54(68)53(67)47(77-57(51)73-39-34-29-28-33-38-59)43-74-58-52(55(69)56(46(42-62)76-58)78-79(70,71)72)61-49(65)41-45(36-31-26-23-20-17-14-11-8-5-2)75-50(66)37-32-27-24-21-18-15-12-9-6-3/h44-47,51-58,62-63,67-69H,4-43,59H2,1-3H3,(H,60,64)(H,61,65)(H2,70,71,72)/t44-,45-,46-,47-,51-,52-,53-,54-,55-,56-,57+,58-/m1/s1. The minimum atomic E-state index is -5.31. The van der Waals surface area contributed by atoms with Crippen molar-refractivity contribution in [1.82, 2.24) is 10.6 Å². The first-order valence-electron chi connectivity index (χ1n) is 31.2. The number of carbonyl (C=O) groups is 3. The Hall–Kier alpha value is -1.88. The summed E-state index contributed by atoms with van der Waals surface area (Å²) >= 11 is 0. The van der Waals surface area contributed by atoms with Crippen molar-refractivity contribution < 1.29 is 82.5 Å². The van der Waals surface area contributed by atoms with Crippen LogP contribution >= 0.6 is 7.82 Å². The van der Waals surface area contributed by atoms with E-state index in [9.17, 15) is 54.3 Å². The highest BCUT2D eigenvalue weighted by molar-refractivity contribution is 7.46. The van der Waals surface area contributed by atoms with Gasteiger partial charge in [0.15, 0.2) is 12.6 Å². The van der Waals surface area contributed by atoms with Crippen LogP contribution in [0.25, 0.3) is 0 Å². The van der Waals surface area contributed by atoms with Crippen molar-refractivity contribution in [3.05, 3.63) is 0 Å². The monoisotopic (exact) mass is 1150 g/mol. The van der Waals surface area contributed by atoms with E-state index in [1.54, 1.807) is 0 Å². The molecule has 0 aliphatic carbocycles. The average molecular weight is 1150 g/mol. The lowest BCUT2D eigenvalue weighted by Gasteiger charge is -2.45. The van der Waals surface area contributed by atoms with Crippen molar-refractivity contribution >= 4 is 25.6 Å². The lowest BCUT2D eigenvalue weighted by Crippen LogP contribution is -2.67. The topological polar surface area (TPSA) is 315 Å². The van der Waals surface area contributed by atoms with Gasteiger partial charge in [0.1, 0.15) is 54.8 Å². The fourth-order valence-electron chi connectivity index (χ4n) is 10.4. The number of carbonyl (C=O) groups excluding carboxylic acids is 3. The first kappa shape index (κ1) is 73.2. The number of nitrogens with one attached hydrogen (secondary N) is 2. The van der Waals surface area contributed by atoms with Gasteiger partial charge in [-0.15, -0.1) is 0 Å². The van der Waals surface area contributed by atoms with Gasteiger partial charge in [-0.25, -0.2) is 4.57 Å². The summed E-state index contributed by atoms with van der Waals surface area (Å²) in [4.78, 5) is 60.2. The minimum absolute atomic E-state index is 0.152. The number of hydrogen-bond acceptors (Lipinski definition) is 16. The van der Waals surface area contributed by atoms with Crippen LogP contribution in [0.4, 0.5) is 0 Å². The number of phosphoric acid groups is 1. The van der Waals surface area contributed by atoms with E-state index in [0.29, 0.717) is 38.6 Å². The molecule has 2 aliphatic rings. The second kappa shape index (κ2) is 45.5. The Labute approximate surface area is 474 Å². The Balaban J connectivity index is 2.23. The molecule has 2 heterocycles. The summed E-state index contributed by atoms with van der Waals surface area (Å²) in [6.07, 6.45) is 17.8. The van der Waals surface area contributed by atoms with Crippen LogP contribution in [0, 0.1) is 0 Å². The van der Waals surface area contributed by atoms with Gasteiger partial charge in [0.05, 0.1) is 32.2 Å². The third kappa shape index (κ3) is 33.9. The van der Waals surface area contributed by atoms with Crippen LogP contribution < -0.4 is 16.4 Å². The van der Waals surface area contributed by atoms with E-state index in [1.807, 2.05) is 0 Å². The van der Waals surface area contributed by atoms with Crippen molar-refractivity contribution in [1.29, 1.82) is 0 Å². The van der Waals surface area contributed by atoms with Crippen LogP contribution in [0.5, 0.6) is 0 Å². The average Bonchev–Trinajstić information content (AvgIpc) is 3.46. The molecule has 0 unspecified atom stereocenters. The molecule has 466 valence electrons. The van der Waals surface area contributed by atoms with E-state index in [1.165, 1.54) is 89.9 Å². The second-order valence-corrected chi connectivity index (χ2v) is 23.6. The Morgan fingerprint density at radius 3 is 1.52 bits per heavy atom. The highest BCUT2D eigenvalue weighted by atomic mass is 31.2. The molecule has 0 spiro atoms. The molecule has 2 saturated heterocycles. The fraction of sp³-hybridized carbons (Fsp3) is 0.948. The third-order valence-corrected chi connectivity index (χ3v) is 15.7. The molecule has 12 atom stereocenters. The second-order valence-electron chi connectivity index (χ2n) is 22.4. The number of esters is 1. The van der Waals surface area contributed by atoms with Gasteiger partial charge in [-0.1, -0.05) is 194 Å². The van der Waals surface area contributed by atoms with Crippen LogP contribution in [0.3, 0.4) is 0 Å². The number of unbranched alkanes of at least 4 members (excludes halogenated alkanes) is 27. The highest BCUT2D eigenvalue weighted by Crippen LogP contribution is 2.41. The lowest BCUT2D eigenvalue weighted by molar-refractivity contribution is -0.302. The molecule has 11 N–H and O–H groups in total. The quantitative estimate of drug-likeness (QED) is 0.0155. The van der Waals surface area contributed by atoms with Crippen molar-refractivity contribution in [2.75, 3.05) is 26.4 Å². The van der Waals surface area contributed by atoms with Gasteiger partial charge < -0.3 is 75.4 Å². The van der Waals surface area contributed by atoms with Gasteiger partial charge in [0.2, 0.25) is 11.8 Å². The van der Waals surface area contributed by atoms with Crippen LogP contribution in [-0.2, 0) is 47.2 Å². The third-order valence-electron chi connectivity index (χ3n) is 15.2. The normalized spacial score (nSPS) is 24.3. The van der Waals surface area contributed by atoms with E-state index in [0.717, 1.165) is 89.9 Å². The number of aliphatic hydroxyl groups excluding tert-OH is 5. The zero-order valence-electron chi connectivity index (χ0n) is 49.0. The number of phosphoric ester groups is 1. The first-order chi connectivity index (χ1) is 38.1. The lowest BCUT2D eigenvalue weighted by atomic mass is 9.95. The highest BCUT2D eigenvalue weighted by Gasteiger charge is 2.51. The van der Waals surface area contributed by atoms with E-state index >= 15 is 0 Å². The van der Waals surface area contributed by atoms with Gasteiger partial charge in [0.25, 0.3) is 0 Å². The predicted octanol–water partition coefficient (Wildman–Crippen LogP) is 8.33. The van der Waals surface area contributed by atoms with Crippen LogP contribution in [0.1, 0.15) is 252 Å². The largest absolute Gasteiger partial charge is 0.470 e. The number of hydrogen-bond donors (Lipinski definition) is 10. The number of rotatable bonds is 50. The van der Waals surface area contributed by atoms with Crippen molar-refractivity contribution in [3.63, 3.8) is 0 Å². The molecule has 2 fully saturated rings. The number of ether oxygens (including phenoxy) is 5. The summed E-state index contributed by atoms with van der Waals surface area (Å²) in [7, 11) is -5.31. The van der Waals surface area contributed by atoms with Crippen molar-refractivity contribution in [3.8, 4) is 0 Å². The van der Waals surface area contributed by atoms with Gasteiger partial charge in [-0.2, -0.15) is 0 Å². The van der Waals surface area contributed by atoms with E-state index in [2.05, 4.69) is 31.4 Å². The van der Waals surface area contributed by atoms with Crippen LogP contribution in [-0.4, -0.2) is 153 Å². The molecule has 79 heavy (non-hydrogen) atoms. The van der Waals surface area contributed by atoms with Crippen LogP contribution in [0.2, 0.25) is 0 Å². The molecule has 0 radical (unpaired) electrons. The maximum atomic E-state index is 14.0. The summed E-state index contributed by atoms with van der Waals surface area (Å²) < 4.78 is 47.2. The van der Waals surface area contributed by atoms with Gasteiger partial charge in [0, 0.05) is 13.0 Å². The number of nitrogens with two attached hydrogens (primary N) is 1. The maximum absolute atomic E-state index is 14.0. The molecular weight excluding hydrogens is 1040 g/mol. The molecule has 2 rings (SSSR count). The van der Waals surface area contributed by atoms with E-state index in [-0.39, 0.29) is 25.9 Å². The molecule has 0 aromatic rings. The molecule has 0 saturated carbocycles. The Kier molecular flexibility index (Phi) is 42.2. The number of amides is 2. The zero-order valence-corrected chi connectivity index (χ0v) is 49.8. The molecule has 0 aromatic heterocycles. The Bertz CT molecular complexity index is 1580. The smallest absolute Gasteiger partial charge is 0.462 e. The minimum Gasteiger partial charge on any atom is -0.462 e. The zero-order chi connectivity index (χ0) is 58.1. The molecule has 2 amide bonds. The maximum Gasteiger partial charge on any atom is 0.470 e. The van der Waals surface area contributed by atoms with Crippen LogP contribution in [0.15, 0.2) is 0 Å². The molecule has 21 heteroatoms. The Morgan fingerprint density at radius 2 is 1.00 bits per heavy atom. The summed E-state index contributed by atoms with van der Waals surface area (Å²) in [5.41, 5.74) is 5.66. The number of aliphatic hydroxyl groups is 5. The molecule has 2 aliphatic heterocycles. The van der Waals surface area contributed by atoms with Gasteiger partial charge in [-0.3, -0.25) is 18.9 Å². The summed E-state index contributed by atoms with van der Waals surface area (Å²) in [5, 5.41) is 61.1. The Morgan fingerprint density at radius 1 is 0.557 bits per heavy atom. The first-order valence-corrected chi connectivity index (χ1v) is 32.7. The van der Waals surface area contributed by atoms with Gasteiger partial charge >= 0.3 is 13.8 Å². The van der Waals surface area contributed by atoms with E-state index in [4.69, 9.17) is 33.9 Å². The predicted molar refractivity (Wildman–Crippen MR) is 303 cm³/mol. The van der Waals surface area contributed by atoms with Crippen molar-refractivity contribution in [2.45, 2.75) is 325 Å². The summed E-state index contributed by atoms with van der Waals surface area (Å²) in [6.45, 7) is 5.76. The van der Waals surface area contributed by atoms with Gasteiger partial charge in [-0.05, 0) is 45.1 Å². The fourth-order valence-corrected chi connectivity index (χ4v) is 11.0. The molecule has 0 aromatic carbocycles. The summed E-state index contributed by atoms with van der Waals surface area (Å²) in [5.74, 6) is -1.72. The van der Waals surface area contributed by atoms with E-state index < -0.39 is 112 Å². The molecule has 0 bridgehead atoms. The molecule has 20 nitrogen and oxygen atoms in total. The summed E-state index contributed by atoms with van der Waals surface area (Å²) in [6, 6.07) is -2.88. The SMILES string of the molecule is CCCCCCCCCCCC(=O)O[C@H](CCCCCCCCCCC)CC(=O)N[C@H]1[C@H](OC[C@H]2O[C@H](OCCCCCCN)[C@H](NC(=O)C[C@H](O)CCCCCCCCCCC)[C@@H](O)[C@@H]2O)O[C@H](CO)[C@@H](OP(=O)(O)O)[C@@H]1O.